The lowest BCUT2D eigenvalue weighted by Crippen LogP contribution is -2.24. The van der Waals surface area contributed by atoms with E-state index in [4.69, 9.17) is 16.3 Å². The zero-order chi connectivity index (χ0) is 24.4. The Morgan fingerprint density at radius 1 is 1.15 bits per heavy atom. The van der Waals surface area contributed by atoms with Crippen molar-refractivity contribution in [2.45, 2.75) is 32.0 Å². The van der Waals surface area contributed by atoms with E-state index in [1.807, 2.05) is 48.5 Å². The molecule has 0 bridgehead atoms. The highest BCUT2D eigenvalue weighted by atomic mass is 35.5. The topological polar surface area (TPSA) is 55.8 Å². The molecule has 176 valence electrons. The predicted octanol–water partition coefficient (Wildman–Crippen LogP) is 6.96. The van der Waals surface area contributed by atoms with Crippen LogP contribution in [0.5, 0.6) is 0 Å². The zero-order valence-corrected chi connectivity index (χ0v) is 18.7. The van der Waals surface area contributed by atoms with Gasteiger partial charge in [-0.3, -0.25) is 0 Å². The van der Waals surface area contributed by atoms with Crippen molar-refractivity contribution in [3.05, 3.63) is 95.4 Å². The molecule has 0 spiro atoms. The second kappa shape index (κ2) is 12.2. The predicted molar refractivity (Wildman–Crippen MR) is 122 cm³/mol. The molecular formula is C25H24ClF3O4. The van der Waals surface area contributed by atoms with Gasteiger partial charge in [-0.1, -0.05) is 60.7 Å². The smallest absolute Gasteiger partial charge is 0.426 e. The Kier molecular flexibility index (Phi) is 9.60. The van der Waals surface area contributed by atoms with Crippen LogP contribution in [0.25, 0.3) is 11.1 Å². The first-order valence-electron chi connectivity index (χ1n) is 10.0. The van der Waals surface area contributed by atoms with E-state index >= 15 is 0 Å². The van der Waals surface area contributed by atoms with E-state index in [0.717, 1.165) is 22.8 Å². The van der Waals surface area contributed by atoms with Crippen molar-refractivity contribution >= 4 is 17.6 Å². The van der Waals surface area contributed by atoms with Crippen LogP contribution in [-0.2, 0) is 20.7 Å². The summed E-state index contributed by atoms with van der Waals surface area (Å²) in [4.78, 5) is 11.5. The van der Waals surface area contributed by atoms with Crippen LogP contribution in [0.15, 0.2) is 84.9 Å². The van der Waals surface area contributed by atoms with Crippen LogP contribution in [0.3, 0.4) is 0 Å². The molecular weight excluding hydrogens is 457 g/mol. The van der Waals surface area contributed by atoms with Crippen LogP contribution in [0, 0.1) is 0 Å². The van der Waals surface area contributed by atoms with Crippen molar-refractivity contribution < 1.29 is 32.5 Å². The number of carboxylic acids is 1. The third-order valence-electron chi connectivity index (χ3n) is 4.47. The Balaban J connectivity index is 1.90. The number of carbonyl (C=O) groups is 1. The summed E-state index contributed by atoms with van der Waals surface area (Å²) in [7, 11) is 0. The van der Waals surface area contributed by atoms with Crippen LogP contribution < -0.4 is 0 Å². The average molecular weight is 481 g/mol. The number of benzene rings is 2. The third kappa shape index (κ3) is 9.06. The van der Waals surface area contributed by atoms with Gasteiger partial charge in [0.15, 0.2) is 12.8 Å². The van der Waals surface area contributed by atoms with Crippen molar-refractivity contribution in [3.8, 4) is 11.1 Å². The summed E-state index contributed by atoms with van der Waals surface area (Å²) in [6, 6.07) is 15.2. The largest absolute Gasteiger partial charge is 0.479 e. The van der Waals surface area contributed by atoms with Crippen molar-refractivity contribution in [1.82, 2.24) is 0 Å². The highest BCUT2D eigenvalue weighted by Gasteiger charge is 2.31. The summed E-state index contributed by atoms with van der Waals surface area (Å²) in [5.41, 5.74) is 2.97. The van der Waals surface area contributed by atoms with Gasteiger partial charge in [-0.15, -0.1) is 0 Å². The average Bonchev–Trinajstić information content (AvgIpc) is 2.77. The van der Waals surface area contributed by atoms with E-state index in [1.54, 1.807) is 0 Å². The summed E-state index contributed by atoms with van der Waals surface area (Å²) in [5.74, 6) is -1.35. The van der Waals surface area contributed by atoms with Crippen molar-refractivity contribution in [3.63, 3.8) is 0 Å². The molecule has 0 aliphatic heterocycles. The van der Waals surface area contributed by atoms with Crippen molar-refractivity contribution in [1.29, 1.82) is 0 Å². The number of halogens is 4. The molecule has 2 rings (SSSR count). The van der Waals surface area contributed by atoms with Crippen LogP contribution in [0.2, 0.25) is 5.02 Å². The molecule has 2 aromatic rings. The number of rotatable bonds is 12. The van der Waals surface area contributed by atoms with E-state index in [9.17, 15) is 23.1 Å². The minimum Gasteiger partial charge on any atom is -0.479 e. The normalized spacial score (nSPS) is 13.1. The van der Waals surface area contributed by atoms with Gasteiger partial charge in [-0.2, -0.15) is 8.78 Å². The fourth-order valence-corrected chi connectivity index (χ4v) is 2.97. The molecule has 1 unspecified atom stereocenters. The second-order valence-electron chi connectivity index (χ2n) is 7.16. The lowest BCUT2D eigenvalue weighted by Gasteiger charge is -2.15. The first-order valence-corrected chi connectivity index (χ1v) is 10.4. The first kappa shape index (κ1) is 26.1. The van der Waals surface area contributed by atoms with Crippen molar-refractivity contribution in [2.24, 2.45) is 0 Å². The zero-order valence-electron chi connectivity index (χ0n) is 17.9. The van der Waals surface area contributed by atoms with E-state index in [2.05, 4.69) is 11.3 Å². The van der Waals surface area contributed by atoms with Gasteiger partial charge >= 0.3 is 12.1 Å². The Morgan fingerprint density at radius 3 is 2.27 bits per heavy atom. The van der Waals surface area contributed by atoms with Gasteiger partial charge in [0.2, 0.25) is 0 Å². The summed E-state index contributed by atoms with van der Waals surface area (Å²) >= 11 is 5.91. The highest BCUT2D eigenvalue weighted by molar-refractivity contribution is 6.30. The van der Waals surface area contributed by atoms with Crippen LogP contribution >= 0.6 is 11.6 Å². The fourth-order valence-electron chi connectivity index (χ4n) is 2.85. The van der Waals surface area contributed by atoms with Gasteiger partial charge in [-0.25, -0.2) is 9.18 Å². The van der Waals surface area contributed by atoms with Crippen LogP contribution in [0.1, 0.15) is 18.9 Å². The van der Waals surface area contributed by atoms with Gasteiger partial charge in [0, 0.05) is 5.02 Å². The molecule has 0 heterocycles. The van der Waals surface area contributed by atoms with Gasteiger partial charge < -0.3 is 14.6 Å². The Morgan fingerprint density at radius 2 is 1.73 bits per heavy atom. The minimum atomic E-state index is -3.90. The van der Waals surface area contributed by atoms with Crippen LogP contribution in [-0.4, -0.2) is 30.0 Å². The number of carboxylic acid groups (broad SMARTS) is 1. The summed E-state index contributed by atoms with van der Waals surface area (Å²) < 4.78 is 47.3. The molecule has 0 radical (unpaired) electrons. The van der Waals surface area contributed by atoms with E-state index in [1.165, 1.54) is 19.1 Å². The monoisotopic (exact) mass is 480 g/mol. The number of hydrogen-bond acceptors (Lipinski definition) is 3. The number of aliphatic carboxylic acids is 1. The highest BCUT2D eigenvalue weighted by Crippen LogP contribution is 2.23. The molecule has 0 saturated carbocycles. The molecule has 0 saturated heterocycles. The summed E-state index contributed by atoms with van der Waals surface area (Å²) in [6.45, 7) is 2.90. The molecule has 0 fully saturated rings. The summed E-state index contributed by atoms with van der Waals surface area (Å²) in [6.07, 6.45) is -0.629. The van der Waals surface area contributed by atoms with Gasteiger partial charge in [0.1, 0.15) is 11.5 Å². The molecule has 8 heteroatoms. The maximum atomic E-state index is 12.8. The fraction of sp³-hybridized carbons (Fsp3) is 0.240. The molecule has 2 aromatic carbocycles. The van der Waals surface area contributed by atoms with E-state index < -0.39 is 24.9 Å². The summed E-state index contributed by atoms with van der Waals surface area (Å²) in [5, 5.41) is 10.1. The molecule has 4 nitrogen and oxygen atoms in total. The standard InChI is InChI=1S/C25H24ClF3O4/c1-17(4-3-5-18(2)33-25(28,29)16-27)32-23(24(30)31)15-8-19-6-9-20(10-7-19)21-11-13-22(26)14-12-21/h3-7,9-14,23H,1,8,15-16H2,2H3,(H,30,31)/b4-3-,18-5+. The van der Waals surface area contributed by atoms with Crippen molar-refractivity contribution in [2.75, 3.05) is 6.67 Å². The molecule has 1 N–H and O–H groups in total. The number of ether oxygens (including phenoxy) is 2. The van der Waals surface area contributed by atoms with Gasteiger partial charge in [0.25, 0.3) is 0 Å². The van der Waals surface area contributed by atoms with Gasteiger partial charge in [-0.05, 0) is 60.7 Å². The van der Waals surface area contributed by atoms with E-state index in [0.29, 0.717) is 11.4 Å². The Bertz CT molecular complexity index is 999. The maximum Gasteiger partial charge on any atom is 0.426 e. The Hall–Kier alpha value is -3.19. The Labute approximate surface area is 195 Å². The van der Waals surface area contributed by atoms with E-state index in [-0.39, 0.29) is 17.9 Å². The second-order valence-corrected chi connectivity index (χ2v) is 7.60. The number of aryl methyl sites for hydroxylation is 1. The molecule has 0 amide bonds. The molecule has 0 aromatic heterocycles. The van der Waals surface area contributed by atoms with Crippen LogP contribution in [0.4, 0.5) is 13.2 Å². The lowest BCUT2D eigenvalue weighted by atomic mass is 10.0. The molecule has 0 aliphatic rings. The molecule has 1 atom stereocenters. The quantitative estimate of drug-likeness (QED) is 0.263. The number of hydrogen-bond donors (Lipinski definition) is 1. The SMILES string of the molecule is C=C(/C=C\C=C(/C)OC(F)(F)CF)OC(CCc1ccc(-c2ccc(Cl)cc2)cc1)C(=O)O. The maximum absolute atomic E-state index is 12.8. The number of alkyl halides is 3. The molecule has 0 aliphatic carbocycles. The minimum absolute atomic E-state index is 0.0294. The number of allylic oxidation sites excluding steroid dienone is 4. The first-order chi connectivity index (χ1) is 15.6. The molecule has 33 heavy (non-hydrogen) atoms. The third-order valence-corrected chi connectivity index (χ3v) is 4.73. The van der Waals surface area contributed by atoms with Gasteiger partial charge in [0.05, 0.1) is 0 Å². The lowest BCUT2D eigenvalue weighted by molar-refractivity contribution is -0.222.